The van der Waals surface area contributed by atoms with Crippen LogP contribution < -0.4 is 10.6 Å². The topological polar surface area (TPSA) is 103 Å². The number of carbonyl (C=O) groups is 2. The minimum Gasteiger partial charge on any atom is -0.391 e. The van der Waals surface area contributed by atoms with Crippen LogP contribution >= 0.6 is 0 Å². The van der Waals surface area contributed by atoms with Crippen molar-refractivity contribution in [2.24, 2.45) is 0 Å². The first kappa shape index (κ1) is 14.3. The molecule has 7 nitrogen and oxygen atoms in total. The van der Waals surface area contributed by atoms with Gasteiger partial charge in [0.05, 0.1) is 0 Å². The van der Waals surface area contributed by atoms with Crippen LogP contribution in [0, 0.1) is 0 Å². The second-order valence-electron chi connectivity index (χ2n) is 4.95. The lowest BCUT2D eigenvalue weighted by molar-refractivity contribution is -0.162. The number of aliphatic hydroxyl groups excluding tert-OH is 1. The van der Waals surface area contributed by atoms with Crippen molar-refractivity contribution in [2.75, 3.05) is 13.7 Å². The quantitative estimate of drug-likeness (QED) is 0.603. The Bertz CT molecular complexity index is 774. The van der Waals surface area contributed by atoms with E-state index in [0.717, 1.165) is 16.5 Å². The van der Waals surface area contributed by atoms with Crippen molar-refractivity contribution >= 4 is 28.8 Å². The second-order valence-corrected chi connectivity index (χ2v) is 4.95. The Morgan fingerprint density at radius 2 is 2.09 bits per heavy atom. The van der Waals surface area contributed by atoms with Gasteiger partial charge in [0.1, 0.15) is 12.3 Å². The van der Waals surface area contributed by atoms with E-state index in [1.807, 2.05) is 24.3 Å². The number of hydrogen-bond acceptors (Lipinski definition) is 4. The van der Waals surface area contributed by atoms with Gasteiger partial charge in [0.25, 0.3) is 11.8 Å². The number of methoxy groups -OCH3 is 1. The summed E-state index contributed by atoms with van der Waals surface area (Å²) < 4.78 is 4.94. The predicted molar refractivity (Wildman–Crippen MR) is 79.4 cm³/mol. The lowest BCUT2D eigenvalue weighted by atomic mass is 10.1. The summed E-state index contributed by atoms with van der Waals surface area (Å²) in [5.41, 5.74) is 0.0542. The minimum atomic E-state index is -1.74. The molecule has 1 atom stereocenters. The summed E-state index contributed by atoms with van der Waals surface area (Å²) in [5.74, 6) is -1.15. The molecule has 114 valence electrons. The van der Waals surface area contributed by atoms with E-state index in [-0.39, 0.29) is 5.70 Å². The number of amides is 2. The number of ether oxygens (including phenoxy) is 1. The molecule has 0 spiro atoms. The van der Waals surface area contributed by atoms with Crippen LogP contribution in [0.1, 0.15) is 5.56 Å². The lowest BCUT2D eigenvalue weighted by Crippen LogP contribution is -2.67. The molecule has 1 aliphatic heterocycles. The third-order valence-electron chi connectivity index (χ3n) is 3.67. The van der Waals surface area contributed by atoms with Gasteiger partial charge in [-0.2, -0.15) is 0 Å². The molecule has 0 aliphatic carbocycles. The number of carbonyl (C=O) groups excluding carboxylic acids is 2. The van der Waals surface area contributed by atoms with Crippen LogP contribution in [-0.4, -0.2) is 41.3 Å². The Morgan fingerprint density at radius 3 is 2.82 bits per heavy atom. The zero-order valence-corrected chi connectivity index (χ0v) is 11.8. The smallest absolute Gasteiger partial charge is 0.280 e. The van der Waals surface area contributed by atoms with E-state index in [1.165, 1.54) is 7.11 Å². The number of aromatic amines is 1. The molecule has 1 aliphatic rings. The van der Waals surface area contributed by atoms with Crippen LogP contribution in [0.5, 0.6) is 0 Å². The average molecular weight is 301 g/mol. The number of aromatic nitrogens is 1. The highest BCUT2D eigenvalue weighted by molar-refractivity contribution is 6.09. The summed E-state index contributed by atoms with van der Waals surface area (Å²) >= 11 is 0. The van der Waals surface area contributed by atoms with Gasteiger partial charge in [-0.1, -0.05) is 18.2 Å². The average Bonchev–Trinajstić information content (AvgIpc) is 2.94. The SMILES string of the molecule is CO[C@]1(CO)NC(=O)C(=Cc2c[nH]c3ccccc23)NC1=O. The van der Waals surface area contributed by atoms with Gasteiger partial charge in [0.15, 0.2) is 0 Å². The van der Waals surface area contributed by atoms with Crippen molar-refractivity contribution in [3.63, 3.8) is 0 Å². The highest BCUT2D eigenvalue weighted by atomic mass is 16.5. The number of para-hydroxylation sites is 1. The molecule has 2 amide bonds. The van der Waals surface area contributed by atoms with Gasteiger partial charge < -0.3 is 25.5 Å². The molecule has 0 radical (unpaired) electrons. The van der Waals surface area contributed by atoms with Gasteiger partial charge in [-0.25, -0.2) is 0 Å². The molecule has 0 saturated carbocycles. The molecular formula is C15H15N3O4. The zero-order chi connectivity index (χ0) is 15.7. The molecular weight excluding hydrogens is 286 g/mol. The second kappa shape index (κ2) is 5.28. The fourth-order valence-electron chi connectivity index (χ4n) is 2.38. The maximum Gasteiger partial charge on any atom is 0.280 e. The van der Waals surface area contributed by atoms with Crippen molar-refractivity contribution in [3.05, 3.63) is 41.7 Å². The highest BCUT2D eigenvalue weighted by Crippen LogP contribution is 2.21. The number of hydrogen-bond donors (Lipinski definition) is 4. The normalized spacial score (nSPS) is 23.6. The Kier molecular flexibility index (Phi) is 3.44. The molecule has 3 rings (SSSR count). The Hall–Kier alpha value is -2.64. The Morgan fingerprint density at radius 1 is 1.32 bits per heavy atom. The third kappa shape index (κ3) is 2.16. The fraction of sp³-hybridized carbons (Fsp3) is 0.200. The number of aliphatic hydroxyl groups is 1. The van der Waals surface area contributed by atoms with E-state index in [1.54, 1.807) is 12.3 Å². The Labute approximate surface area is 126 Å². The molecule has 1 saturated heterocycles. The number of benzene rings is 1. The van der Waals surface area contributed by atoms with Crippen LogP contribution in [0.4, 0.5) is 0 Å². The number of rotatable bonds is 3. The number of nitrogens with one attached hydrogen (secondary N) is 3. The van der Waals surface area contributed by atoms with Gasteiger partial charge in [-0.05, 0) is 12.1 Å². The van der Waals surface area contributed by atoms with E-state index in [4.69, 9.17) is 4.74 Å². The number of piperazine rings is 1. The van der Waals surface area contributed by atoms with Gasteiger partial charge in [0, 0.05) is 29.8 Å². The van der Waals surface area contributed by atoms with Crippen molar-refractivity contribution < 1.29 is 19.4 Å². The molecule has 0 unspecified atom stereocenters. The molecule has 2 aromatic rings. The van der Waals surface area contributed by atoms with Crippen molar-refractivity contribution in [3.8, 4) is 0 Å². The summed E-state index contributed by atoms with van der Waals surface area (Å²) in [6, 6.07) is 7.62. The molecule has 22 heavy (non-hydrogen) atoms. The molecule has 7 heteroatoms. The van der Waals surface area contributed by atoms with E-state index in [0.29, 0.717) is 0 Å². The summed E-state index contributed by atoms with van der Waals surface area (Å²) in [6.07, 6.45) is 3.32. The molecule has 2 heterocycles. The van der Waals surface area contributed by atoms with Gasteiger partial charge in [-0.15, -0.1) is 0 Å². The van der Waals surface area contributed by atoms with Crippen molar-refractivity contribution in [2.45, 2.75) is 5.72 Å². The van der Waals surface area contributed by atoms with Crippen LogP contribution in [0.15, 0.2) is 36.2 Å². The van der Waals surface area contributed by atoms with Crippen molar-refractivity contribution in [1.29, 1.82) is 0 Å². The van der Waals surface area contributed by atoms with E-state index in [9.17, 15) is 14.7 Å². The van der Waals surface area contributed by atoms with E-state index in [2.05, 4.69) is 15.6 Å². The monoisotopic (exact) mass is 301 g/mol. The fourth-order valence-corrected chi connectivity index (χ4v) is 2.38. The highest BCUT2D eigenvalue weighted by Gasteiger charge is 2.45. The first-order chi connectivity index (χ1) is 10.6. The molecule has 1 aromatic heterocycles. The van der Waals surface area contributed by atoms with Crippen LogP contribution in [0.2, 0.25) is 0 Å². The van der Waals surface area contributed by atoms with Gasteiger partial charge in [-0.3, -0.25) is 9.59 Å². The third-order valence-corrected chi connectivity index (χ3v) is 3.67. The number of H-pyrrole nitrogens is 1. The summed E-state index contributed by atoms with van der Waals surface area (Å²) in [4.78, 5) is 27.3. The van der Waals surface area contributed by atoms with Crippen LogP contribution in [-0.2, 0) is 14.3 Å². The first-order valence-corrected chi connectivity index (χ1v) is 6.67. The molecule has 1 aromatic carbocycles. The molecule has 4 N–H and O–H groups in total. The van der Waals surface area contributed by atoms with Crippen LogP contribution in [0.25, 0.3) is 17.0 Å². The van der Waals surface area contributed by atoms with Crippen molar-refractivity contribution in [1.82, 2.24) is 15.6 Å². The van der Waals surface area contributed by atoms with E-state index >= 15 is 0 Å². The zero-order valence-electron chi connectivity index (χ0n) is 11.8. The Balaban J connectivity index is 1.96. The van der Waals surface area contributed by atoms with Crippen LogP contribution in [0.3, 0.4) is 0 Å². The summed E-state index contributed by atoms with van der Waals surface area (Å²) in [5, 5.41) is 15.1. The predicted octanol–water partition coefficient (Wildman–Crippen LogP) is 0.0898. The standard InChI is InChI=1S/C15H15N3O4/c1-22-15(8-19)14(21)17-12(13(20)18-15)6-9-7-16-11-5-3-2-4-10(9)11/h2-7,16,19H,8H2,1H3,(H,17,21)(H,18,20)/t15-/m0/s1. The van der Waals surface area contributed by atoms with Gasteiger partial charge in [0.2, 0.25) is 5.72 Å². The maximum absolute atomic E-state index is 12.1. The first-order valence-electron chi connectivity index (χ1n) is 6.67. The lowest BCUT2D eigenvalue weighted by Gasteiger charge is -2.34. The summed E-state index contributed by atoms with van der Waals surface area (Å²) in [7, 11) is 1.24. The maximum atomic E-state index is 12.1. The summed E-state index contributed by atoms with van der Waals surface area (Å²) in [6.45, 7) is -0.651. The molecule has 0 bridgehead atoms. The largest absolute Gasteiger partial charge is 0.391 e. The minimum absolute atomic E-state index is 0.0934. The number of fused-ring (bicyclic) bond motifs is 1. The molecule has 1 fully saturated rings. The van der Waals surface area contributed by atoms with E-state index < -0.39 is 24.1 Å². The van der Waals surface area contributed by atoms with Gasteiger partial charge >= 0.3 is 0 Å².